The van der Waals surface area contributed by atoms with Crippen molar-refractivity contribution in [2.24, 2.45) is 0 Å². The maximum Gasteiger partial charge on any atom is 0.132 e. The Morgan fingerprint density at radius 3 is 1.45 bits per heavy atom. The van der Waals surface area contributed by atoms with Crippen LogP contribution in [0.1, 0.15) is 13.8 Å². The van der Waals surface area contributed by atoms with E-state index in [-0.39, 0.29) is 5.57 Å². The maximum atomic E-state index is 9.33. The van der Waals surface area contributed by atoms with Gasteiger partial charge in [-0.25, -0.2) is 0 Å². The molecule has 2 unspecified atom stereocenters. The average Bonchev–Trinajstić information content (AvgIpc) is 2.43. The first kappa shape index (κ1) is 17.2. The molecule has 2 aliphatic rings. The summed E-state index contributed by atoms with van der Waals surface area (Å²) in [7, 11) is 0. The molecule has 0 aromatic heterocycles. The van der Waals surface area contributed by atoms with Gasteiger partial charge in [0, 0.05) is 14.5 Å². The Hall–Kier alpha value is 0.820. The second kappa shape index (κ2) is 5.79. The van der Waals surface area contributed by atoms with Crippen LogP contribution in [-0.4, -0.2) is 9.49 Å². The van der Waals surface area contributed by atoms with Crippen molar-refractivity contribution >= 4 is 87.2 Å². The summed E-state index contributed by atoms with van der Waals surface area (Å²) in [6, 6.07) is 4.09. The minimum atomic E-state index is -0.409. The first-order chi connectivity index (χ1) is 9.22. The van der Waals surface area contributed by atoms with Gasteiger partial charge in [0.25, 0.3) is 0 Å². The number of allylic oxidation sites excluding steroid dienone is 1. The van der Waals surface area contributed by atoms with Gasteiger partial charge in [0.15, 0.2) is 0 Å². The Morgan fingerprint density at radius 1 is 0.900 bits per heavy atom. The van der Waals surface area contributed by atoms with Gasteiger partial charge in [-0.05, 0) is 45.7 Å². The van der Waals surface area contributed by atoms with Crippen molar-refractivity contribution in [1.82, 2.24) is 0 Å². The van der Waals surface area contributed by atoms with E-state index in [9.17, 15) is 10.5 Å². The lowest BCUT2D eigenvalue weighted by Crippen LogP contribution is -2.44. The molecule has 2 heterocycles. The van der Waals surface area contributed by atoms with Gasteiger partial charge < -0.3 is 0 Å². The monoisotopic (exact) mass is 558 g/mol. The number of rotatable bonds is 2. The Labute approximate surface area is 159 Å². The van der Waals surface area contributed by atoms with Crippen molar-refractivity contribution in [2.45, 2.75) is 23.3 Å². The van der Waals surface area contributed by atoms with Crippen LogP contribution in [0.2, 0.25) is 0 Å². The summed E-state index contributed by atoms with van der Waals surface area (Å²) >= 11 is 17.3. The highest BCUT2D eigenvalue weighted by atomic mass is 79.9. The van der Waals surface area contributed by atoms with Crippen molar-refractivity contribution < 1.29 is 0 Å². The quantitative estimate of drug-likeness (QED) is 0.374. The molecule has 2 nitrogen and oxygen atoms in total. The zero-order chi connectivity index (χ0) is 15.3. The molecule has 0 radical (unpaired) electrons. The van der Waals surface area contributed by atoms with Crippen LogP contribution < -0.4 is 0 Å². The lowest BCUT2D eigenvalue weighted by Gasteiger charge is -2.49. The van der Waals surface area contributed by atoms with E-state index in [0.29, 0.717) is 0 Å². The van der Waals surface area contributed by atoms with Gasteiger partial charge in [-0.1, -0.05) is 31.9 Å². The van der Waals surface area contributed by atoms with Crippen molar-refractivity contribution in [3.63, 3.8) is 0 Å². The third-order valence-corrected chi connectivity index (χ3v) is 11.9. The first-order valence-electron chi connectivity index (χ1n) is 5.27. The molecule has 0 aliphatic carbocycles. The van der Waals surface area contributed by atoms with Crippen molar-refractivity contribution in [3.8, 4) is 12.1 Å². The highest BCUT2D eigenvalue weighted by Crippen LogP contribution is 2.69. The number of nitrogens with zero attached hydrogens (tertiary/aromatic N) is 2. The fraction of sp³-hybridized carbons (Fsp3) is 0.333. The molecule has 0 saturated carbocycles. The Balaban J connectivity index is 2.67. The largest absolute Gasteiger partial charge is 0.192 e. The smallest absolute Gasteiger partial charge is 0.132 e. The Kier molecular flexibility index (Phi) is 4.97. The maximum absolute atomic E-state index is 9.33. The normalized spacial score (nSPS) is 32.0. The van der Waals surface area contributed by atoms with E-state index in [4.69, 9.17) is 0 Å². The minimum absolute atomic E-state index is 0.170. The summed E-state index contributed by atoms with van der Waals surface area (Å²) in [6.07, 6.45) is 0. The SMILES string of the molecule is CC1(C(=C(C#N)C#N)C2(C)SC(Br)=C2Br)SC(Br)=C1Br. The highest BCUT2D eigenvalue weighted by molar-refractivity contribution is 9.16. The Bertz CT molecular complexity index is 627. The van der Waals surface area contributed by atoms with E-state index >= 15 is 0 Å². The van der Waals surface area contributed by atoms with Crippen molar-refractivity contribution in [1.29, 1.82) is 10.5 Å². The predicted molar refractivity (Wildman–Crippen MR) is 100 cm³/mol. The molecule has 2 atom stereocenters. The molecular weight excluding hydrogens is 556 g/mol. The van der Waals surface area contributed by atoms with Crippen LogP contribution in [-0.2, 0) is 0 Å². The second-order valence-corrected chi connectivity index (χ2v) is 11.5. The van der Waals surface area contributed by atoms with Crippen molar-refractivity contribution in [2.75, 3.05) is 0 Å². The molecule has 104 valence electrons. The molecule has 2 aliphatic heterocycles. The Morgan fingerprint density at radius 2 is 1.25 bits per heavy atom. The number of halogens is 4. The third kappa shape index (κ3) is 2.31. The molecule has 0 aromatic rings. The molecule has 0 saturated heterocycles. The zero-order valence-corrected chi connectivity index (χ0v) is 18.2. The van der Waals surface area contributed by atoms with Gasteiger partial charge in [-0.15, -0.1) is 23.5 Å². The number of thioether (sulfide) groups is 2. The van der Waals surface area contributed by atoms with E-state index < -0.39 is 9.49 Å². The molecule has 0 fully saturated rings. The zero-order valence-electron chi connectivity index (χ0n) is 10.2. The predicted octanol–water partition coefficient (Wildman–Crippen LogP) is 6.26. The number of hydrogen-bond donors (Lipinski definition) is 0. The third-order valence-electron chi connectivity index (χ3n) is 3.20. The van der Waals surface area contributed by atoms with Crippen LogP contribution in [0.5, 0.6) is 0 Å². The van der Waals surface area contributed by atoms with E-state index in [1.165, 1.54) is 0 Å². The molecule has 0 bridgehead atoms. The fourth-order valence-electron chi connectivity index (χ4n) is 2.21. The molecule has 0 N–H and O–H groups in total. The highest BCUT2D eigenvalue weighted by Gasteiger charge is 2.56. The number of nitriles is 2. The summed E-state index contributed by atoms with van der Waals surface area (Å²) in [6.45, 7) is 4.05. The van der Waals surface area contributed by atoms with Crippen LogP contribution in [0.4, 0.5) is 0 Å². The van der Waals surface area contributed by atoms with E-state index in [1.807, 2.05) is 26.0 Å². The lowest BCUT2D eigenvalue weighted by molar-refractivity contribution is 0.760. The average molecular weight is 562 g/mol. The van der Waals surface area contributed by atoms with Crippen LogP contribution in [0.3, 0.4) is 0 Å². The van der Waals surface area contributed by atoms with Gasteiger partial charge in [0.2, 0.25) is 0 Å². The topological polar surface area (TPSA) is 47.6 Å². The van der Waals surface area contributed by atoms with E-state index in [0.717, 1.165) is 22.2 Å². The number of hydrogen-bond acceptors (Lipinski definition) is 4. The molecule has 8 heteroatoms. The molecule has 20 heavy (non-hydrogen) atoms. The van der Waals surface area contributed by atoms with Gasteiger partial charge >= 0.3 is 0 Å². The summed E-state index contributed by atoms with van der Waals surface area (Å²) in [5.74, 6) is 0. The van der Waals surface area contributed by atoms with Crippen LogP contribution in [0, 0.1) is 22.7 Å². The van der Waals surface area contributed by atoms with Gasteiger partial charge in [0.1, 0.15) is 17.7 Å². The molecule has 0 aromatic carbocycles. The summed E-state index contributed by atoms with van der Waals surface area (Å²) in [5.41, 5.74) is 0.985. The molecule has 2 rings (SSSR count). The van der Waals surface area contributed by atoms with E-state index in [2.05, 4.69) is 63.7 Å². The molecule has 0 amide bonds. The van der Waals surface area contributed by atoms with Crippen LogP contribution >= 0.6 is 87.2 Å². The lowest BCUT2D eigenvalue weighted by atomic mass is 9.84. The summed E-state index contributed by atoms with van der Waals surface area (Å²) < 4.78 is 3.12. The van der Waals surface area contributed by atoms with Gasteiger partial charge in [0.05, 0.1) is 17.1 Å². The molecule has 0 spiro atoms. The fourth-order valence-corrected chi connectivity index (χ4v) is 8.84. The summed E-state index contributed by atoms with van der Waals surface area (Å²) in [4.78, 5) is 0. The molecular formula is C12H6Br4N2S2. The second-order valence-electron chi connectivity index (χ2n) is 4.42. The van der Waals surface area contributed by atoms with Gasteiger partial charge in [-0.2, -0.15) is 10.5 Å². The van der Waals surface area contributed by atoms with Crippen LogP contribution in [0.25, 0.3) is 0 Å². The van der Waals surface area contributed by atoms with Gasteiger partial charge in [-0.3, -0.25) is 0 Å². The van der Waals surface area contributed by atoms with E-state index in [1.54, 1.807) is 23.5 Å². The van der Waals surface area contributed by atoms with Crippen LogP contribution in [0.15, 0.2) is 27.7 Å². The van der Waals surface area contributed by atoms with Crippen molar-refractivity contribution in [3.05, 3.63) is 27.7 Å². The first-order valence-corrected chi connectivity index (χ1v) is 10.1. The summed E-state index contributed by atoms with van der Waals surface area (Å²) in [5, 5.41) is 18.7. The standard InChI is InChI=1S/C12H6Br4N2S2/c1-11(7(13)9(15)19-11)6(5(3-17)4-18)12(2)8(14)10(16)20-12/h1-2H3. The minimum Gasteiger partial charge on any atom is -0.192 e.